The van der Waals surface area contributed by atoms with E-state index in [2.05, 4.69) is 60.9 Å². The Morgan fingerprint density at radius 2 is 1.81 bits per heavy atom. The molecule has 1 heterocycles. The Bertz CT molecular complexity index is 503. The van der Waals surface area contributed by atoms with Crippen molar-refractivity contribution in [3.05, 3.63) is 46.7 Å². The highest BCUT2D eigenvalue weighted by molar-refractivity contribution is 7.10. The summed E-state index contributed by atoms with van der Waals surface area (Å²) in [5.41, 5.74) is 2.66. The molecule has 114 valence electrons. The molecule has 1 atom stereocenters. The zero-order valence-electron chi connectivity index (χ0n) is 13.3. The molecule has 0 saturated heterocycles. The zero-order chi connectivity index (χ0) is 14.9. The molecule has 2 rings (SSSR count). The van der Waals surface area contributed by atoms with E-state index in [1.807, 2.05) is 11.3 Å². The maximum Gasteiger partial charge on any atom is 0.0302 e. The van der Waals surface area contributed by atoms with Crippen molar-refractivity contribution in [1.82, 2.24) is 5.32 Å². The molecule has 1 unspecified atom stereocenters. The van der Waals surface area contributed by atoms with Crippen LogP contribution in [0.2, 0.25) is 0 Å². The van der Waals surface area contributed by atoms with Gasteiger partial charge in [-0.1, -0.05) is 63.4 Å². The van der Waals surface area contributed by atoms with E-state index in [1.165, 1.54) is 48.1 Å². The van der Waals surface area contributed by atoms with Gasteiger partial charge in [0.25, 0.3) is 0 Å². The Kier molecular flexibility index (Phi) is 6.98. The Balaban J connectivity index is 1.89. The third kappa shape index (κ3) is 5.29. The molecule has 0 spiro atoms. The minimum atomic E-state index is 0.678. The van der Waals surface area contributed by atoms with E-state index < -0.39 is 0 Å². The first-order valence-electron chi connectivity index (χ1n) is 8.19. The van der Waals surface area contributed by atoms with Gasteiger partial charge in [0, 0.05) is 17.5 Å². The van der Waals surface area contributed by atoms with E-state index in [9.17, 15) is 0 Å². The van der Waals surface area contributed by atoms with Gasteiger partial charge in [-0.2, -0.15) is 0 Å². The molecule has 0 bridgehead atoms. The molecule has 0 aliphatic rings. The number of hydrogen-bond donors (Lipinski definition) is 1. The highest BCUT2D eigenvalue weighted by Crippen LogP contribution is 2.25. The topological polar surface area (TPSA) is 12.0 Å². The van der Waals surface area contributed by atoms with Crippen LogP contribution in [-0.4, -0.2) is 6.04 Å². The summed E-state index contributed by atoms with van der Waals surface area (Å²) in [6.45, 7) is 5.56. The second-order valence-corrected chi connectivity index (χ2v) is 6.67. The summed E-state index contributed by atoms with van der Waals surface area (Å²) in [5, 5.41) is 6.02. The van der Waals surface area contributed by atoms with Gasteiger partial charge >= 0.3 is 0 Å². The number of rotatable bonds is 9. The Morgan fingerprint density at radius 3 is 2.52 bits per heavy atom. The second-order valence-electron chi connectivity index (χ2n) is 5.68. The number of thiophene rings is 1. The third-order valence-electron chi connectivity index (χ3n) is 3.87. The summed E-state index contributed by atoms with van der Waals surface area (Å²) in [4.78, 5) is 1.44. The van der Waals surface area contributed by atoms with Crippen LogP contribution < -0.4 is 5.32 Å². The van der Waals surface area contributed by atoms with Crippen molar-refractivity contribution in [1.29, 1.82) is 0 Å². The van der Waals surface area contributed by atoms with Gasteiger partial charge in [0.2, 0.25) is 0 Å². The molecule has 1 nitrogen and oxygen atoms in total. The molecule has 0 fully saturated rings. The van der Waals surface area contributed by atoms with Crippen LogP contribution in [0, 0.1) is 0 Å². The molecule has 0 amide bonds. The van der Waals surface area contributed by atoms with Gasteiger partial charge in [-0.25, -0.2) is 0 Å². The lowest BCUT2D eigenvalue weighted by molar-refractivity contribution is 0.435. The van der Waals surface area contributed by atoms with Crippen molar-refractivity contribution in [3.63, 3.8) is 0 Å². The molecule has 1 aromatic carbocycles. The van der Waals surface area contributed by atoms with Crippen molar-refractivity contribution >= 4 is 11.3 Å². The van der Waals surface area contributed by atoms with Crippen LogP contribution in [0.4, 0.5) is 0 Å². The van der Waals surface area contributed by atoms with Crippen LogP contribution in [0.1, 0.15) is 50.8 Å². The summed E-state index contributed by atoms with van der Waals surface area (Å²) in [6.07, 6.45) is 6.48. The second kappa shape index (κ2) is 9.01. The van der Waals surface area contributed by atoms with Gasteiger partial charge in [0.05, 0.1) is 0 Å². The normalized spacial score (nSPS) is 12.5. The van der Waals surface area contributed by atoms with Gasteiger partial charge in [-0.3, -0.25) is 0 Å². The van der Waals surface area contributed by atoms with Crippen LogP contribution in [-0.2, 0) is 6.54 Å². The van der Waals surface area contributed by atoms with Gasteiger partial charge < -0.3 is 5.32 Å². The van der Waals surface area contributed by atoms with E-state index in [0.29, 0.717) is 6.04 Å². The first-order chi connectivity index (χ1) is 10.3. The summed E-state index contributed by atoms with van der Waals surface area (Å²) in [6, 6.07) is 13.6. The lowest BCUT2D eigenvalue weighted by Gasteiger charge is -2.17. The van der Waals surface area contributed by atoms with E-state index in [4.69, 9.17) is 0 Å². The summed E-state index contributed by atoms with van der Waals surface area (Å²) >= 11 is 1.87. The van der Waals surface area contributed by atoms with Gasteiger partial charge in [0.15, 0.2) is 0 Å². The average Bonchev–Trinajstić information content (AvgIpc) is 3.00. The van der Waals surface area contributed by atoms with Crippen LogP contribution in [0.15, 0.2) is 41.8 Å². The summed E-state index contributed by atoms with van der Waals surface area (Å²) in [7, 11) is 0. The molecular weight excluding hydrogens is 274 g/mol. The van der Waals surface area contributed by atoms with Crippen LogP contribution in [0.25, 0.3) is 11.1 Å². The highest BCUT2D eigenvalue weighted by atomic mass is 32.1. The fourth-order valence-electron chi connectivity index (χ4n) is 2.65. The van der Waals surface area contributed by atoms with E-state index in [-0.39, 0.29) is 0 Å². The summed E-state index contributed by atoms with van der Waals surface area (Å²) in [5.74, 6) is 0. The number of nitrogens with one attached hydrogen (secondary N) is 1. The third-order valence-corrected chi connectivity index (χ3v) is 4.81. The van der Waals surface area contributed by atoms with E-state index in [0.717, 1.165) is 6.54 Å². The van der Waals surface area contributed by atoms with Crippen molar-refractivity contribution in [3.8, 4) is 11.1 Å². The predicted molar refractivity (Wildman–Crippen MR) is 94.8 cm³/mol. The fourth-order valence-corrected chi connectivity index (χ4v) is 3.49. The van der Waals surface area contributed by atoms with Gasteiger partial charge in [-0.15, -0.1) is 11.3 Å². The van der Waals surface area contributed by atoms with Crippen LogP contribution in [0.3, 0.4) is 0 Å². The Labute approximate surface area is 133 Å². The largest absolute Gasteiger partial charge is 0.309 e. The predicted octanol–water partition coefficient (Wildman–Crippen LogP) is 5.86. The maximum absolute atomic E-state index is 3.75. The molecule has 1 aromatic heterocycles. The fraction of sp³-hybridized carbons (Fsp3) is 0.474. The first kappa shape index (κ1) is 16.3. The Hall–Kier alpha value is -1.12. The average molecular weight is 301 g/mol. The van der Waals surface area contributed by atoms with Crippen molar-refractivity contribution in [2.45, 2.75) is 58.5 Å². The Morgan fingerprint density at radius 1 is 1.00 bits per heavy atom. The standard InChI is InChI=1S/C19H27NS/c1-3-5-12-18(9-4-2)20-14-19-13-17(15-21-19)16-10-7-6-8-11-16/h6-8,10-11,13,15,18,20H,3-5,9,12,14H2,1-2H3. The zero-order valence-corrected chi connectivity index (χ0v) is 14.1. The quantitative estimate of drug-likeness (QED) is 0.611. The number of unbranched alkanes of at least 4 members (excludes halogenated alkanes) is 1. The number of hydrogen-bond acceptors (Lipinski definition) is 2. The molecule has 0 aliphatic carbocycles. The van der Waals surface area contributed by atoms with Crippen LogP contribution in [0.5, 0.6) is 0 Å². The minimum Gasteiger partial charge on any atom is -0.309 e. The van der Waals surface area contributed by atoms with Crippen molar-refractivity contribution in [2.24, 2.45) is 0 Å². The van der Waals surface area contributed by atoms with E-state index in [1.54, 1.807) is 0 Å². The lowest BCUT2D eigenvalue weighted by Crippen LogP contribution is -2.28. The monoisotopic (exact) mass is 301 g/mol. The molecule has 21 heavy (non-hydrogen) atoms. The molecule has 2 aromatic rings. The highest BCUT2D eigenvalue weighted by Gasteiger charge is 2.08. The number of benzene rings is 1. The van der Waals surface area contributed by atoms with Gasteiger partial charge in [-0.05, 0) is 35.4 Å². The minimum absolute atomic E-state index is 0.678. The van der Waals surface area contributed by atoms with Crippen LogP contribution >= 0.6 is 11.3 Å². The van der Waals surface area contributed by atoms with Crippen molar-refractivity contribution < 1.29 is 0 Å². The SMILES string of the molecule is CCCCC(CCC)NCc1cc(-c2ccccc2)cs1. The van der Waals surface area contributed by atoms with Gasteiger partial charge in [0.1, 0.15) is 0 Å². The maximum atomic E-state index is 3.75. The summed E-state index contributed by atoms with van der Waals surface area (Å²) < 4.78 is 0. The lowest BCUT2D eigenvalue weighted by atomic mass is 10.1. The van der Waals surface area contributed by atoms with Crippen molar-refractivity contribution in [2.75, 3.05) is 0 Å². The van der Waals surface area contributed by atoms with E-state index >= 15 is 0 Å². The molecule has 1 N–H and O–H groups in total. The smallest absolute Gasteiger partial charge is 0.0302 e. The molecule has 0 radical (unpaired) electrons. The molecule has 0 aliphatic heterocycles. The molecule has 0 saturated carbocycles. The molecule has 2 heteroatoms. The molecular formula is C19H27NS. The first-order valence-corrected chi connectivity index (χ1v) is 9.07.